The number of nitrogens with zero attached hydrogens (tertiary/aromatic N) is 5. The Morgan fingerprint density at radius 2 is 1.76 bits per heavy atom. The van der Waals surface area contributed by atoms with Crippen LogP contribution in [-0.4, -0.2) is 96.9 Å². The summed E-state index contributed by atoms with van der Waals surface area (Å²) in [6, 6.07) is 9.13. The van der Waals surface area contributed by atoms with Gasteiger partial charge in [0.15, 0.2) is 5.65 Å². The summed E-state index contributed by atoms with van der Waals surface area (Å²) < 4.78 is 5.19. The van der Waals surface area contributed by atoms with Crippen LogP contribution in [0.3, 0.4) is 0 Å². The van der Waals surface area contributed by atoms with Crippen LogP contribution in [0.1, 0.15) is 32.1 Å². The Bertz CT molecular complexity index is 1200. The zero-order valence-corrected chi connectivity index (χ0v) is 23.2. The van der Waals surface area contributed by atoms with Crippen LogP contribution >= 0.6 is 11.6 Å². The van der Waals surface area contributed by atoms with E-state index in [4.69, 9.17) is 21.3 Å². The molecule has 0 atom stereocenters. The van der Waals surface area contributed by atoms with Crippen molar-refractivity contribution in [1.29, 1.82) is 0 Å². The molecule has 2 N–H and O–H groups in total. The average molecular weight is 538 g/mol. The number of benzene rings is 1. The number of methoxy groups -OCH3 is 1. The standard InChI is InChI=1S/C29H40ClN7O/c1-38-18-2-11-35-14-16-37(17-15-35)24-7-5-22(6-8-24)28-33-27-26(25(30)19-31-29(27)34-28)32-23-9-12-36(13-10-23)20-21-3-4-21/h5-8,19,21,23H,2-4,9-18,20H2,1H3,(H2,31,32,33,34). The van der Waals surface area contributed by atoms with E-state index >= 15 is 0 Å². The fourth-order valence-electron chi connectivity index (χ4n) is 5.83. The number of aromatic amines is 1. The molecule has 0 amide bonds. The highest BCUT2D eigenvalue weighted by Gasteiger charge is 2.27. The highest BCUT2D eigenvalue weighted by molar-refractivity contribution is 6.34. The number of imidazole rings is 1. The van der Waals surface area contributed by atoms with E-state index in [0.29, 0.717) is 11.1 Å². The van der Waals surface area contributed by atoms with E-state index in [2.05, 4.69) is 54.2 Å². The topological polar surface area (TPSA) is 72.6 Å². The number of rotatable bonds is 10. The van der Waals surface area contributed by atoms with Crippen LogP contribution in [-0.2, 0) is 4.74 Å². The number of nitrogens with one attached hydrogen (secondary N) is 2. The number of ether oxygens (including phenoxy) is 1. The first-order valence-corrected chi connectivity index (χ1v) is 14.6. The fourth-order valence-corrected chi connectivity index (χ4v) is 6.02. The summed E-state index contributed by atoms with van der Waals surface area (Å²) in [6.07, 6.45) is 7.92. The molecule has 1 aromatic carbocycles. The zero-order valence-electron chi connectivity index (χ0n) is 22.5. The number of aromatic nitrogens is 3. The largest absolute Gasteiger partial charge is 0.385 e. The first-order valence-electron chi connectivity index (χ1n) is 14.3. The summed E-state index contributed by atoms with van der Waals surface area (Å²) in [5.41, 5.74) is 4.81. The van der Waals surface area contributed by atoms with E-state index in [9.17, 15) is 0 Å². The van der Waals surface area contributed by atoms with Crippen LogP contribution < -0.4 is 10.2 Å². The Hall–Kier alpha value is -2.39. The van der Waals surface area contributed by atoms with Gasteiger partial charge in [0.25, 0.3) is 0 Å². The molecule has 2 saturated heterocycles. The number of anilines is 2. The highest BCUT2D eigenvalue weighted by atomic mass is 35.5. The molecule has 1 saturated carbocycles. The van der Waals surface area contributed by atoms with Crippen molar-refractivity contribution in [1.82, 2.24) is 24.8 Å². The van der Waals surface area contributed by atoms with E-state index in [1.807, 2.05) is 0 Å². The second kappa shape index (κ2) is 11.8. The maximum Gasteiger partial charge on any atom is 0.159 e. The summed E-state index contributed by atoms with van der Waals surface area (Å²) in [4.78, 5) is 20.5. The normalized spacial score (nSPS) is 19.9. The van der Waals surface area contributed by atoms with Gasteiger partial charge in [-0.3, -0.25) is 4.90 Å². The Kier molecular flexibility index (Phi) is 8.02. The van der Waals surface area contributed by atoms with Crippen molar-refractivity contribution < 1.29 is 4.74 Å². The van der Waals surface area contributed by atoms with Gasteiger partial charge in [0, 0.05) is 83.4 Å². The molecule has 0 radical (unpaired) electrons. The van der Waals surface area contributed by atoms with Gasteiger partial charge in [0.05, 0.1) is 16.9 Å². The number of hydrogen-bond acceptors (Lipinski definition) is 7. The van der Waals surface area contributed by atoms with Crippen molar-refractivity contribution in [2.75, 3.05) is 76.3 Å². The minimum Gasteiger partial charge on any atom is -0.385 e. The third-order valence-electron chi connectivity index (χ3n) is 8.32. The molecule has 3 aliphatic rings. The summed E-state index contributed by atoms with van der Waals surface area (Å²) in [5.74, 6) is 1.78. The third-order valence-corrected chi connectivity index (χ3v) is 8.60. The molecule has 38 heavy (non-hydrogen) atoms. The molecule has 9 heteroatoms. The lowest BCUT2D eigenvalue weighted by Gasteiger charge is -2.36. The predicted octanol–water partition coefficient (Wildman–Crippen LogP) is 4.72. The van der Waals surface area contributed by atoms with Crippen LogP contribution in [0.2, 0.25) is 5.02 Å². The number of hydrogen-bond donors (Lipinski definition) is 2. The molecule has 0 unspecified atom stereocenters. The lowest BCUT2D eigenvalue weighted by atomic mass is 10.0. The van der Waals surface area contributed by atoms with Gasteiger partial charge in [-0.05, 0) is 62.3 Å². The maximum atomic E-state index is 6.63. The number of piperazine rings is 1. The van der Waals surface area contributed by atoms with E-state index in [1.165, 1.54) is 25.1 Å². The SMILES string of the molecule is COCCCN1CCN(c2ccc(-c3nc4c(NC5CCN(CC6CC6)CC5)c(Cl)cnc4[nH]3)cc2)CC1. The maximum absolute atomic E-state index is 6.63. The second-order valence-electron chi connectivity index (χ2n) is 11.1. The molecule has 1 aliphatic carbocycles. The molecular weight excluding hydrogens is 498 g/mol. The van der Waals surface area contributed by atoms with Gasteiger partial charge in [0.2, 0.25) is 0 Å². The minimum atomic E-state index is 0.411. The molecule has 4 heterocycles. The summed E-state index contributed by atoms with van der Waals surface area (Å²) in [5, 5.41) is 4.35. The molecule has 3 aromatic rings. The van der Waals surface area contributed by atoms with Crippen LogP contribution in [0.5, 0.6) is 0 Å². The summed E-state index contributed by atoms with van der Waals surface area (Å²) >= 11 is 6.63. The van der Waals surface area contributed by atoms with Gasteiger partial charge >= 0.3 is 0 Å². The van der Waals surface area contributed by atoms with Crippen LogP contribution in [0.4, 0.5) is 11.4 Å². The van der Waals surface area contributed by atoms with E-state index in [0.717, 1.165) is 106 Å². The lowest BCUT2D eigenvalue weighted by molar-refractivity contribution is 0.169. The summed E-state index contributed by atoms with van der Waals surface area (Å²) in [6.45, 7) is 9.82. The Morgan fingerprint density at radius 1 is 1.00 bits per heavy atom. The number of likely N-dealkylation sites (tertiary alicyclic amines) is 1. The second-order valence-corrected chi connectivity index (χ2v) is 11.6. The number of fused-ring (bicyclic) bond motifs is 1. The summed E-state index contributed by atoms with van der Waals surface area (Å²) in [7, 11) is 1.77. The Labute approximate surface area is 230 Å². The van der Waals surface area contributed by atoms with Gasteiger partial charge in [0.1, 0.15) is 11.3 Å². The van der Waals surface area contributed by atoms with Crippen molar-refractivity contribution in [2.24, 2.45) is 5.92 Å². The van der Waals surface area contributed by atoms with Gasteiger partial charge in [-0.25, -0.2) is 9.97 Å². The van der Waals surface area contributed by atoms with Gasteiger partial charge in [-0.15, -0.1) is 0 Å². The zero-order chi connectivity index (χ0) is 25.9. The smallest absolute Gasteiger partial charge is 0.159 e. The minimum absolute atomic E-state index is 0.411. The molecule has 2 aliphatic heterocycles. The highest BCUT2D eigenvalue weighted by Crippen LogP contribution is 2.34. The van der Waals surface area contributed by atoms with Gasteiger partial charge in [-0.2, -0.15) is 0 Å². The lowest BCUT2D eigenvalue weighted by Crippen LogP contribution is -2.46. The third kappa shape index (κ3) is 6.09. The van der Waals surface area contributed by atoms with Crippen LogP contribution in [0, 0.1) is 5.92 Å². The number of pyridine rings is 1. The fraction of sp³-hybridized carbons (Fsp3) is 0.586. The average Bonchev–Trinajstić information content (AvgIpc) is 3.66. The van der Waals surface area contributed by atoms with Crippen molar-refractivity contribution in [3.63, 3.8) is 0 Å². The number of H-pyrrole nitrogens is 1. The molecule has 204 valence electrons. The Morgan fingerprint density at radius 3 is 2.47 bits per heavy atom. The van der Waals surface area contributed by atoms with E-state index in [-0.39, 0.29) is 0 Å². The number of piperidine rings is 1. The van der Waals surface area contributed by atoms with Crippen molar-refractivity contribution in [3.8, 4) is 11.4 Å². The Balaban J connectivity index is 1.10. The molecule has 2 aromatic heterocycles. The van der Waals surface area contributed by atoms with Crippen LogP contribution in [0.25, 0.3) is 22.6 Å². The van der Waals surface area contributed by atoms with Crippen molar-refractivity contribution in [3.05, 3.63) is 35.5 Å². The predicted molar refractivity (Wildman–Crippen MR) is 155 cm³/mol. The van der Waals surface area contributed by atoms with Gasteiger partial charge in [-0.1, -0.05) is 11.6 Å². The molecule has 6 rings (SSSR count). The van der Waals surface area contributed by atoms with Crippen molar-refractivity contribution >= 4 is 34.1 Å². The van der Waals surface area contributed by atoms with E-state index < -0.39 is 0 Å². The molecule has 8 nitrogen and oxygen atoms in total. The van der Waals surface area contributed by atoms with Crippen LogP contribution in [0.15, 0.2) is 30.5 Å². The molecule has 3 fully saturated rings. The first-order chi connectivity index (χ1) is 18.7. The monoisotopic (exact) mass is 537 g/mol. The molecule has 0 bridgehead atoms. The first kappa shape index (κ1) is 25.9. The van der Waals surface area contributed by atoms with Gasteiger partial charge < -0.3 is 24.8 Å². The van der Waals surface area contributed by atoms with Crippen molar-refractivity contribution in [2.45, 2.75) is 38.1 Å². The number of halogens is 1. The molecular formula is C29H40ClN7O. The van der Waals surface area contributed by atoms with E-state index in [1.54, 1.807) is 13.3 Å². The molecule has 0 spiro atoms. The quantitative estimate of drug-likeness (QED) is 0.362.